The molecule has 0 saturated carbocycles. The van der Waals surface area contributed by atoms with E-state index >= 15 is 0 Å². The molecule has 1 unspecified atom stereocenters. The average Bonchev–Trinajstić information content (AvgIpc) is 2.81. The molecule has 0 aliphatic rings. The van der Waals surface area contributed by atoms with E-state index < -0.39 is 0 Å². The number of aromatic nitrogens is 1. The highest BCUT2D eigenvalue weighted by atomic mass is 127. The van der Waals surface area contributed by atoms with Crippen LogP contribution >= 0.6 is 33.9 Å². The molecule has 1 aromatic heterocycles. The van der Waals surface area contributed by atoms with Gasteiger partial charge in [0, 0.05) is 27.6 Å². The number of nitrogens with one attached hydrogen (secondary N) is 1. The zero-order valence-electron chi connectivity index (χ0n) is 9.99. The first kappa shape index (κ1) is 13.9. The number of thiazole rings is 1. The Morgan fingerprint density at radius 2 is 2.33 bits per heavy atom. The fraction of sp³-hybridized carbons (Fsp3) is 0.308. The lowest BCUT2D eigenvalue weighted by atomic mass is 10.0. The molecular formula is C13H14FIN2S. The first-order chi connectivity index (χ1) is 8.70. The molecule has 1 aromatic carbocycles. The van der Waals surface area contributed by atoms with E-state index in [2.05, 4.69) is 39.8 Å². The highest BCUT2D eigenvalue weighted by Gasteiger charge is 2.15. The summed E-state index contributed by atoms with van der Waals surface area (Å²) < 4.78 is 14.1. The number of halogens is 2. The predicted molar refractivity (Wildman–Crippen MR) is 81.4 cm³/mol. The Kier molecular flexibility index (Phi) is 5.08. The molecule has 0 spiro atoms. The molecule has 1 atom stereocenters. The Hall–Kier alpha value is -0.530. The molecule has 2 nitrogen and oxygen atoms in total. The second-order valence-electron chi connectivity index (χ2n) is 3.91. The SMILES string of the molecule is CCNC(Cc1nccs1)c1ccc(F)cc1I. The van der Waals surface area contributed by atoms with Crippen LogP contribution in [0.4, 0.5) is 4.39 Å². The predicted octanol–water partition coefficient (Wildman–Crippen LogP) is 3.78. The van der Waals surface area contributed by atoms with Gasteiger partial charge in [-0.2, -0.15) is 0 Å². The first-order valence-corrected chi connectivity index (χ1v) is 7.73. The highest BCUT2D eigenvalue weighted by Crippen LogP contribution is 2.25. The van der Waals surface area contributed by atoms with Gasteiger partial charge in [0.2, 0.25) is 0 Å². The van der Waals surface area contributed by atoms with Crippen molar-refractivity contribution in [2.45, 2.75) is 19.4 Å². The third-order valence-electron chi connectivity index (χ3n) is 2.65. The summed E-state index contributed by atoms with van der Waals surface area (Å²) in [5.74, 6) is -0.187. The number of rotatable bonds is 5. The van der Waals surface area contributed by atoms with Gasteiger partial charge in [0.1, 0.15) is 5.82 Å². The maximum atomic E-state index is 13.1. The van der Waals surface area contributed by atoms with Crippen molar-refractivity contribution >= 4 is 33.9 Å². The fourth-order valence-electron chi connectivity index (χ4n) is 1.85. The van der Waals surface area contributed by atoms with E-state index in [-0.39, 0.29) is 11.9 Å². The molecule has 18 heavy (non-hydrogen) atoms. The maximum Gasteiger partial charge on any atom is 0.124 e. The van der Waals surface area contributed by atoms with Crippen LogP contribution < -0.4 is 5.32 Å². The van der Waals surface area contributed by atoms with E-state index in [1.54, 1.807) is 17.4 Å². The molecule has 96 valence electrons. The quantitative estimate of drug-likeness (QED) is 0.804. The summed E-state index contributed by atoms with van der Waals surface area (Å²) in [5, 5.41) is 6.52. The Morgan fingerprint density at radius 3 is 2.94 bits per heavy atom. The van der Waals surface area contributed by atoms with Crippen LogP contribution in [0.25, 0.3) is 0 Å². The van der Waals surface area contributed by atoms with Crippen LogP contribution in [-0.2, 0) is 6.42 Å². The summed E-state index contributed by atoms with van der Waals surface area (Å²) in [6, 6.07) is 5.14. The summed E-state index contributed by atoms with van der Waals surface area (Å²) in [6.07, 6.45) is 2.66. The van der Waals surface area contributed by atoms with E-state index in [9.17, 15) is 4.39 Å². The lowest BCUT2D eigenvalue weighted by Gasteiger charge is -2.18. The third-order valence-corrected chi connectivity index (χ3v) is 4.39. The van der Waals surface area contributed by atoms with Gasteiger partial charge in [0.25, 0.3) is 0 Å². The van der Waals surface area contributed by atoms with Gasteiger partial charge in [-0.05, 0) is 46.8 Å². The van der Waals surface area contributed by atoms with Crippen LogP contribution in [0.2, 0.25) is 0 Å². The number of likely N-dealkylation sites (N-methyl/N-ethyl adjacent to an activating group) is 1. The van der Waals surface area contributed by atoms with E-state index in [1.165, 1.54) is 6.07 Å². The Morgan fingerprint density at radius 1 is 1.50 bits per heavy atom. The zero-order chi connectivity index (χ0) is 13.0. The lowest BCUT2D eigenvalue weighted by molar-refractivity contribution is 0.544. The third kappa shape index (κ3) is 3.49. The standard InChI is InChI=1S/C13H14FIN2S/c1-2-16-12(8-13-17-5-6-18-13)10-4-3-9(14)7-11(10)15/h3-7,12,16H,2,8H2,1H3. The summed E-state index contributed by atoms with van der Waals surface area (Å²) in [4.78, 5) is 4.31. The fourth-order valence-corrected chi connectivity index (χ4v) is 3.37. The van der Waals surface area contributed by atoms with Gasteiger partial charge in [-0.3, -0.25) is 0 Å². The van der Waals surface area contributed by atoms with E-state index in [4.69, 9.17) is 0 Å². The van der Waals surface area contributed by atoms with Gasteiger partial charge in [0.15, 0.2) is 0 Å². The summed E-state index contributed by atoms with van der Waals surface area (Å²) in [6.45, 7) is 2.95. The average molecular weight is 376 g/mol. The van der Waals surface area contributed by atoms with Crippen LogP contribution in [0.3, 0.4) is 0 Å². The monoisotopic (exact) mass is 376 g/mol. The van der Waals surface area contributed by atoms with E-state index in [0.717, 1.165) is 27.1 Å². The van der Waals surface area contributed by atoms with Crippen molar-refractivity contribution in [2.75, 3.05) is 6.54 Å². The van der Waals surface area contributed by atoms with Crippen LogP contribution in [0.15, 0.2) is 29.8 Å². The van der Waals surface area contributed by atoms with Crippen LogP contribution in [0.5, 0.6) is 0 Å². The van der Waals surface area contributed by atoms with Gasteiger partial charge in [-0.25, -0.2) is 9.37 Å². The number of benzene rings is 1. The van der Waals surface area contributed by atoms with Crippen molar-refractivity contribution in [1.29, 1.82) is 0 Å². The van der Waals surface area contributed by atoms with Gasteiger partial charge >= 0.3 is 0 Å². The molecule has 0 aliphatic heterocycles. The molecule has 0 amide bonds. The van der Waals surface area contributed by atoms with Crippen LogP contribution in [-0.4, -0.2) is 11.5 Å². The summed E-state index contributed by atoms with van der Waals surface area (Å²) >= 11 is 3.84. The largest absolute Gasteiger partial charge is 0.310 e. The summed E-state index contributed by atoms with van der Waals surface area (Å²) in [5.41, 5.74) is 1.13. The van der Waals surface area contributed by atoms with E-state index in [0.29, 0.717) is 0 Å². The normalized spacial score (nSPS) is 12.6. The number of hydrogen-bond donors (Lipinski definition) is 1. The number of nitrogens with zero attached hydrogens (tertiary/aromatic N) is 1. The van der Waals surface area contributed by atoms with Gasteiger partial charge in [-0.15, -0.1) is 11.3 Å². The number of hydrogen-bond acceptors (Lipinski definition) is 3. The van der Waals surface area contributed by atoms with Gasteiger partial charge < -0.3 is 5.32 Å². The Labute approximate surface area is 124 Å². The molecule has 0 radical (unpaired) electrons. The smallest absolute Gasteiger partial charge is 0.124 e. The molecule has 2 rings (SSSR count). The first-order valence-electron chi connectivity index (χ1n) is 5.77. The Bertz CT molecular complexity index is 502. The molecule has 0 fully saturated rings. The molecule has 5 heteroatoms. The van der Waals surface area contributed by atoms with Gasteiger partial charge in [-0.1, -0.05) is 13.0 Å². The van der Waals surface area contributed by atoms with Crippen molar-refractivity contribution in [1.82, 2.24) is 10.3 Å². The van der Waals surface area contributed by atoms with Crippen LogP contribution in [0, 0.1) is 9.39 Å². The second-order valence-corrected chi connectivity index (χ2v) is 6.05. The zero-order valence-corrected chi connectivity index (χ0v) is 13.0. The minimum atomic E-state index is -0.187. The molecule has 0 bridgehead atoms. The van der Waals surface area contributed by atoms with E-state index in [1.807, 2.05) is 17.6 Å². The second kappa shape index (κ2) is 6.58. The molecule has 0 saturated heterocycles. The van der Waals surface area contributed by atoms with Crippen molar-refractivity contribution in [2.24, 2.45) is 0 Å². The van der Waals surface area contributed by atoms with Gasteiger partial charge in [0.05, 0.1) is 5.01 Å². The topological polar surface area (TPSA) is 24.9 Å². The molecular weight excluding hydrogens is 362 g/mol. The molecule has 2 aromatic rings. The molecule has 1 heterocycles. The molecule has 1 N–H and O–H groups in total. The molecule has 0 aliphatic carbocycles. The summed E-state index contributed by atoms with van der Waals surface area (Å²) in [7, 11) is 0. The van der Waals surface area contributed by atoms with Crippen molar-refractivity contribution in [3.05, 3.63) is 49.7 Å². The minimum Gasteiger partial charge on any atom is -0.310 e. The maximum absolute atomic E-state index is 13.1. The Balaban J connectivity index is 2.23. The lowest BCUT2D eigenvalue weighted by Crippen LogP contribution is -2.23. The van der Waals surface area contributed by atoms with Crippen molar-refractivity contribution in [3.63, 3.8) is 0 Å². The van der Waals surface area contributed by atoms with Crippen molar-refractivity contribution < 1.29 is 4.39 Å². The minimum absolute atomic E-state index is 0.187. The highest BCUT2D eigenvalue weighted by molar-refractivity contribution is 14.1. The van der Waals surface area contributed by atoms with Crippen molar-refractivity contribution in [3.8, 4) is 0 Å². The van der Waals surface area contributed by atoms with Crippen LogP contribution in [0.1, 0.15) is 23.5 Å².